The van der Waals surface area contributed by atoms with Gasteiger partial charge in [0.05, 0.1) is 5.56 Å². The average Bonchev–Trinajstić information content (AvgIpc) is 3.01. The molecule has 2 aliphatic carbocycles. The molecule has 1 fully saturated rings. The summed E-state index contributed by atoms with van der Waals surface area (Å²) in [5.41, 5.74) is 3.90. The van der Waals surface area contributed by atoms with Gasteiger partial charge in [-0.2, -0.15) is 0 Å². The van der Waals surface area contributed by atoms with Crippen molar-refractivity contribution >= 4 is 5.91 Å². The largest absolute Gasteiger partial charge is 0.352 e. The summed E-state index contributed by atoms with van der Waals surface area (Å²) in [7, 11) is 0. The standard InChI is InChI=1S/C21H20N4O/c26-20(16-5-6-19(23-12-16)25-10-9-22-14-25)24-13-17-11-21(17)8-7-15-3-1-2-4-18(15)21/h1-6,9-10,12,14,17H,7-8,11,13H2,(H,24,26)/t17-,21+/m0/s1. The molecular formula is C21H20N4O. The number of imidazole rings is 1. The van der Waals surface area contributed by atoms with Crippen LogP contribution in [0.15, 0.2) is 61.3 Å². The van der Waals surface area contributed by atoms with E-state index in [1.165, 1.54) is 30.4 Å². The van der Waals surface area contributed by atoms with Gasteiger partial charge in [-0.15, -0.1) is 0 Å². The molecule has 2 atom stereocenters. The van der Waals surface area contributed by atoms with Crippen molar-refractivity contribution in [2.75, 3.05) is 6.54 Å². The molecule has 3 aromatic rings. The second-order valence-electron chi connectivity index (χ2n) is 7.30. The number of hydrogen-bond acceptors (Lipinski definition) is 3. The van der Waals surface area contributed by atoms with Gasteiger partial charge in [0.15, 0.2) is 0 Å². The molecule has 1 saturated carbocycles. The van der Waals surface area contributed by atoms with Crippen LogP contribution in [0.4, 0.5) is 0 Å². The van der Waals surface area contributed by atoms with E-state index in [4.69, 9.17) is 0 Å². The van der Waals surface area contributed by atoms with Gasteiger partial charge in [0.25, 0.3) is 5.91 Å². The van der Waals surface area contributed by atoms with Crippen LogP contribution < -0.4 is 5.32 Å². The Hall–Kier alpha value is -2.95. The number of rotatable bonds is 4. The van der Waals surface area contributed by atoms with Crippen molar-refractivity contribution in [2.45, 2.75) is 24.7 Å². The first-order valence-corrected chi connectivity index (χ1v) is 9.07. The van der Waals surface area contributed by atoms with Crippen molar-refractivity contribution in [1.82, 2.24) is 19.9 Å². The van der Waals surface area contributed by atoms with Crippen LogP contribution in [0.1, 0.15) is 34.3 Å². The van der Waals surface area contributed by atoms with Crippen LogP contribution in [-0.2, 0) is 11.8 Å². The molecule has 5 nitrogen and oxygen atoms in total. The fourth-order valence-corrected chi connectivity index (χ4v) is 4.39. The molecule has 1 spiro atoms. The van der Waals surface area contributed by atoms with Gasteiger partial charge in [0, 0.05) is 30.6 Å². The zero-order valence-electron chi connectivity index (χ0n) is 14.4. The van der Waals surface area contributed by atoms with E-state index in [9.17, 15) is 4.79 Å². The Morgan fingerprint density at radius 3 is 3.00 bits per heavy atom. The van der Waals surface area contributed by atoms with Crippen molar-refractivity contribution in [3.8, 4) is 5.82 Å². The molecule has 130 valence electrons. The highest BCUT2D eigenvalue weighted by atomic mass is 16.1. The molecule has 1 N–H and O–H groups in total. The average molecular weight is 344 g/mol. The van der Waals surface area contributed by atoms with Crippen molar-refractivity contribution in [3.05, 3.63) is 78.0 Å². The number of nitrogens with one attached hydrogen (secondary N) is 1. The zero-order chi connectivity index (χ0) is 17.6. The summed E-state index contributed by atoms with van der Waals surface area (Å²) >= 11 is 0. The third kappa shape index (κ3) is 2.43. The van der Waals surface area contributed by atoms with Crippen molar-refractivity contribution in [1.29, 1.82) is 0 Å². The number of carbonyl (C=O) groups is 1. The fraction of sp³-hybridized carbons (Fsp3) is 0.286. The predicted molar refractivity (Wildman–Crippen MR) is 98.2 cm³/mol. The van der Waals surface area contributed by atoms with E-state index >= 15 is 0 Å². The number of pyridine rings is 1. The van der Waals surface area contributed by atoms with E-state index in [2.05, 4.69) is 39.6 Å². The first-order valence-electron chi connectivity index (χ1n) is 9.07. The topological polar surface area (TPSA) is 59.8 Å². The van der Waals surface area contributed by atoms with Crippen LogP contribution in [0.3, 0.4) is 0 Å². The van der Waals surface area contributed by atoms with Crippen LogP contribution in [0.25, 0.3) is 5.82 Å². The molecule has 26 heavy (non-hydrogen) atoms. The van der Waals surface area contributed by atoms with Gasteiger partial charge >= 0.3 is 0 Å². The number of nitrogens with zero attached hydrogens (tertiary/aromatic N) is 3. The number of benzene rings is 1. The number of aryl methyl sites for hydroxylation is 1. The Bertz CT molecular complexity index is 948. The van der Waals surface area contributed by atoms with Crippen molar-refractivity contribution in [2.24, 2.45) is 5.92 Å². The van der Waals surface area contributed by atoms with Gasteiger partial charge in [-0.25, -0.2) is 9.97 Å². The van der Waals surface area contributed by atoms with Crippen molar-refractivity contribution in [3.63, 3.8) is 0 Å². The first kappa shape index (κ1) is 15.3. The van der Waals surface area contributed by atoms with Gasteiger partial charge in [-0.3, -0.25) is 9.36 Å². The SMILES string of the molecule is O=C(NC[C@@H]1C[C@]12CCc1ccccc12)c1ccc(-n2ccnc2)nc1. The van der Waals surface area contributed by atoms with E-state index < -0.39 is 0 Å². The number of carbonyl (C=O) groups excluding carboxylic acids is 1. The fourth-order valence-electron chi connectivity index (χ4n) is 4.39. The summed E-state index contributed by atoms with van der Waals surface area (Å²) in [6.07, 6.45) is 10.4. The zero-order valence-corrected chi connectivity index (χ0v) is 14.4. The Morgan fingerprint density at radius 2 is 2.19 bits per heavy atom. The summed E-state index contributed by atoms with van der Waals surface area (Å²) in [4.78, 5) is 20.8. The van der Waals surface area contributed by atoms with Crippen LogP contribution in [-0.4, -0.2) is 27.0 Å². The second-order valence-corrected chi connectivity index (χ2v) is 7.30. The molecule has 5 heteroatoms. The number of aromatic nitrogens is 3. The van der Waals surface area contributed by atoms with Crippen molar-refractivity contribution < 1.29 is 4.79 Å². The molecule has 1 amide bonds. The predicted octanol–water partition coefficient (Wildman–Crippen LogP) is 2.90. The lowest BCUT2D eigenvalue weighted by atomic mass is 9.95. The molecule has 0 aliphatic heterocycles. The molecule has 0 saturated heterocycles. The third-order valence-corrected chi connectivity index (χ3v) is 5.91. The molecule has 0 unspecified atom stereocenters. The van der Waals surface area contributed by atoms with Gasteiger partial charge in [-0.05, 0) is 48.4 Å². The highest BCUT2D eigenvalue weighted by Gasteiger charge is 2.57. The minimum Gasteiger partial charge on any atom is -0.352 e. The van der Waals surface area contributed by atoms with Gasteiger partial charge in [0.2, 0.25) is 0 Å². The highest BCUT2D eigenvalue weighted by molar-refractivity contribution is 5.94. The van der Waals surface area contributed by atoms with Gasteiger partial charge in [-0.1, -0.05) is 24.3 Å². The Kier molecular flexibility index (Phi) is 3.42. The van der Waals surface area contributed by atoms with E-state index in [0.29, 0.717) is 16.9 Å². The van der Waals surface area contributed by atoms with Crippen LogP contribution in [0, 0.1) is 5.92 Å². The lowest BCUT2D eigenvalue weighted by molar-refractivity contribution is 0.0950. The molecule has 2 heterocycles. The maximum absolute atomic E-state index is 12.5. The van der Waals surface area contributed by atoms with Gasteiger partial charge in [0.1, 0.15) is 12.1 Å². The molecule has 0 radical (unpaired) electrons. The van der Waals surface area contributed by atoms with Gasteiger partial charge < -0.3 is 5.32 Å². The molecular weight excluding hydrogens is 324 g/mol. The smallest absolute Gasteiger partial charge is 0.252 e. The monoisotopic (exact) mass is 344 g/mol. The highest BCUT2D eigenvalue weighted by Crippen LogP contribution is 2.61. The van der Waals surface area contributed by atoms with Crippen LogP contribution >= 0.6 is 0 Å². The van der Waals surface area contributed by atoms with E-state index in [-0.39, 0.29) is 5.91 Å². The summed E-state index contributed by atoms with van der Waals surface area (Å²) in [5, 5.41) is 3.10. The summed E-state index contributed by atoms with van der Waals surface area (Å²) in [6.45, 7) is 0.733. The molecule has 0 bridgehead atoms. The molecule has 5 rings (SSSR count). The normalized spacial score (nSPS) is 23.0. The Morgan fingerprint density at radius 1 is 1.27 bits per heavy atom. The Labute approximate surface area is 152 Å². The van der Waals surface area contributed by atoms with Crippen LogP contribution in [0.5, 0.6) is 0 Å². The van der Waals surface area contributed by atoms with E-state index in [1.54, 1.807) is 18.7 Å². The summed E-state index contributed by atoms with van der Waals surface area (Å²) in [6, 6.07) is 12.4. The maximum atomic E-state index is 12.5. The molecule has 2 aromatic heterocycles. The number of amides is 1. The number of hydrogen-bond donors (Lipinski definition) is 1. The molecule has 2 aliphatic rings. The first-order chi connectivity index (χ1) is 12.8. The van der Waals surface area contributed by atoms with E-state index in [1.807, 2.05) is 22.9 Å². The van der Waals surface area contributed by atoms with E-state index in [0.717, 1.165) is 12.4 Å². The quantitative estimate of drug-likeness (QED) is 0.792. The lowest BCUT2D eigenvalue weighted by Gasteiger charge is -2.12. The Balaban J connectivity index is 1.23. The summed E-state index contributed by atoms with van der Waals surface area (Å²) in [5.74, 6) is 1.25. The van der Waals surface area contributed by atoms with Crippen LogP contribution in [0.2, 0.25) is 0 Å². The summed E-state index contributed by atoms with van der Waals surface area (Å²) < 4.78 is 1.81. The third-order valence-electron chi connectivity index (χ3n) is 5.91. The minimum absolute atomic E-state index is 0.0528. The maximum Gasteiger partial charge on any atom is 0.252 e. The number of fused-ring (bicyclic) bond motifs is 2. The second kappa shape index (κ2) is 5.80. The minimum atomic E-state index is -0.0528. The molecule has 1 aromatic carbocycles. The lowest BCUT2D eigenvalue weighted by Crippen LogP contribution is -2.27.